The SMILES string of the molecule is O=C(NCc1ccccc1)N1CCc2c([nH]c3ccccc23)C1. The van der Waals surface area contributed by atoms with Gasteiger partial charge in [0.2, 0.25) is 0 Å². The Morgan fingerprint density at radius 3 is 2.74 bits per heavy atom. The normalized spacial score (nSPS) is 13.8. The number of hydrogen-bond donors (Lipinski definition) is 2. The summed E-state index contributed by atoms with van der Waals surface area (Å²) in [6.07, 6.45) is 0.901. The number of carbonyl (C=O) groups excluding carboxylic acids is 1. The molecular formula is C19H19N3O. The Labute approximate surface area is 135 Å². The van der Waals surface area contributed by atoms with Crippen LogP contribution in [0.5, 0.6) is 0 Å². The van der Waals surface area contributed by atoms with Crippen LogP contribution in [0.25, 0.3) is 10.9 Å². The van der Waals surface area contributed by atoms with Gasteiger partial charge in [0.15, 0.2) is 0 Å². The molecule has 0 spiro atoms. The molecule has 0 saturated carbocycles. The van der Waals surface area contributed by atoms with Crippen LogP contribution in [-0.2, 0) is 19.5 Å². The van der Waals surface area contributed by atoms with Crippen molar-refractivity contribution in [2.45, 2.75) is 19.5 Å². The van der Waals surface area contributed by atoms with E-state index in [0.29, 0.717) is 13.1 Å². The molecule has 116 valence electrons. The second kappa shape index (κ2) is 5.80. The summed E-state index contributed by atoms with van der Waals surface area (Å²) in [6, 6.07) is 18.3. The molecule has 2 aromatic carbocycles. The molecule has 2 amide bonds. The molecule has 4 nitrogen and oxygen atoms in total. The van der Waals surface area contributed by atoms with E-state index in [4.69, 9.17) is 0 Å². The molecule has 4 rings (SSSR count). The molecule has 2 heterocycles. The molecule has 0 atom stereocenters. The van der Waals surface area contributed by atoms with Crippen molar-refractivity contribution in [2.24, 2.45) is 0 Å². The van der Waals surface area contributed by atoms with Gasteiger partial charge in [0, 0.05) is 29.7 Å². The number of rotatable bonds is 2. The van der Waals surface area contributed by atoms with Crippen LogP contribution in [-0.4, -0.2) is 22.5 Å². The number of amides is 2. The van der Waals surface area contributed by atoms with E-state index in [0.717, 1.165) is 29.7 Å². The maximum absolute atomic E-state index is 12.4. The number of aromatic amines is 1. The van der Waals surface area contributed by atoms with Gasteiger partial charge in [-0.25, -0.2) is 4.79 Å². The number of nitrogens with one attached hydrogen (secondary N) is 2. The molecule has 3 aromatic rings. The third kappa shape index (κ3) is 2.68. The number of carbonyl (C=O) groups is 1. The lowest BCUT2D eigenvalue weighted by molar-refractivity contribution is 0.191. The van der Waals surface area contributed by atoms with Crippen LogP contribution in [0.4, 0.5) is 4.79 Å². The Balaban J connectivity index is 1.46. The van der Waals surface area contributed by atoms with E-state index in [-0.39, 0.29) is 6.03 Å². The minimum absolute atomic E-state index is 0.00170. The van der Waals surface area contributed by atoms with E-state index in [2.05, 4.69) is 28.5 Å². The summed E-state index contributed by atoms with van der Waals surface area (Å²) in [5, 5.41) is 4.29. The molecule has 4 heteroatoms. The van der Waals surface area contributed by atoms with Crippen LogP contribution in [0.2, 0.25) is 0 Å². The maximum atomic E-state index is 12.4. The topological polar surface area (TPSA) is 48.1 Å². The van der Waals surface area contributed by atoms with Crippen molar-refractivity contribution in [1.29, 1.82) is 0 Å². The van der Waals surface area contributed by atoms with Crippen LogP contribution in [0.15, 0.2) is 54.6 Å². The summed E-state index contributed by atoms with van der Waals surface area (Å²) in [5.74, 6) is 0. The van der Waals surface area contributed by atoms with Gasteiger partial charge in [0.1, 0.15) is 0 Å². The van der Waals surface area contributed by atoms with Gasteiger partial charge in [-0.15, -0.1) is 0 Å². The van der Waals surface area contributed by atoms with Crippen molar-refractivity contribution in [2.75, 3.05) is 6.54 Å². The zero-order chi connectivity index (χ0) is 15.6. The molecule has 1 aliphatic rings. The number of H-pyrrole nitrogens is 1. The lowest BCUT2D eigenvalue weighted by Crippen LogP contribution is -2.42. The molecule has 0 aliphatic carbocycles. The third-order valence-corrected chi connectivity index (χ3v) is 4.46. The van der Waals surface area contributed by atoms with Gasteiger partial charge in [-0.05, 0) is 23.6 Å². The number of para-hydroxylation sites is 1. The van der Waals surface area contributed by atoms with Crippen molar-refractivity contribution in [1.82, 2.24) is 15.2 Å². The molecule has 0 saturated heterocycles. The average molecular weight is 305 g/mol. The molecule has 2 N–H and O–H groups in total. The average Bonchev–Trinajstić information content (AvgIpc) is 2.98. The van der Waals surface area contributed by atoms with E-state index in [1.54, 1.807) is 0 Å². The Morgan fingerprint density at radius 1 is 1.09 bits per heavy atom. The number of fused-ring (bicyclic) bond motifs is 3. The Kier molecular flexibility index (Phi) is 3.50. The highest BCUT2D eigenvalue weighted by Crippen LogP contribution is 2.27. The Morgan fingerprint density at radius 2 is 1.87 bits per heavy atom. The zero-order valence-corrected chi connectivity index (χ0v) is 12.9. The van der Waals surface area contributed by atoms with Crippen LogP contribution in [0.3, 0.4) is 0 Å². The zero-order valence-electron chi connectivity index (χ0n) is 12.9. The van der Waals surface area contributed by atoms with Gasteiger partial charge in [0.05, 0.1) is 6.54 Å². The largest absolute Gasteiger partial charge is 0.357 e. The van der Waals surface area contributed by atoms with Gasteiger partial charge in [-0.2, -0.15) is 0 Å². The second-order valence-electron chi connectivity index (χ2n) is 5.94. The number of hydrogen-bond acceptors (Lipinski definition) is 1. The minimum Gasteiger partial charge on any atom is -0.357 e. The van der Waals surface area contributed by atoms with Gasteiger partial charge in [-0.1, -0.05) is 48.5 Å². The lowest BCUT2D eigenvalue weighted by atomic mass is 10.0. The second-order valence-corrected chi connectivity index (χ2v) is 5.94. The predicted octanol–water partition coefficient (Wildman–Crippen LogP) is 3.44. The molecule has 23 heavy (non-hydrogen) atoms. The van der Waals surface area contributed by atoms with Crippen molar-refractivity contribution < 1.29 is 4.79 Å². The van der Waals surface area contributed by atoms with Crippen molar-refractivity contribution >= 4 is 16.9 Å². The van der Waals surface area contributed by atoms with Crippen molar-refractivity contribution in [3.05, 3.63) is 71.4 Å². The summed E-state index contributed by atoms with van der Waals surface area (Å²) in [6.45, 7) is 1.97. The minimum atomic E-state index is -0.00170. The predicted molar refractivity (Wildman–Crippen MR) is 91.1 cm³/mol. The Bertz CT molecular complexity index is 838. The van der Waals surface area contributed by atoms with Crippen LogP contribution in [0, 0.1) is 0 Å². The van der Waals surface area contributed by atoms with Crippen LogP contribution >= 0.6 is 0 Å². The quantitative estimate of drug-likeness (QED) is 0.748. The first-order valence-electron chi connectivity index (χ1n) is 7.96. The van der Waals surface area contributed by atoms with Gasteiger partial charge in [-0.3, -0.25) is 0 Å². The molecule has 0 fully saturated rings. The molecule has 0 unspecified atom stereocenters. The van der Waals surface area contributed by atoms with Crippen LogP contribution < -0.4 is 5.32 Å². The highest BCUT2D eigenvalue weighted by Gasteiger charge is 2.23. The van der Waals surface area contributed by atoms with Crippen LogP contribution in [0.1, 0.15) is 16.8 Å². The lowest BCUT2D eigenvalue weighted by Gasteiger charge is -2.27. The summed E-state index contributed by atoms with van der Waals surface area (Å²) in [5.41, 5.74) is 4.79. The number of benzene rings is 2. The van der Waals surface area contributed by atoms with E-state index in [1.807, 2.05) is 41.3 Å². The fourth-order valence-electron chi connectivity index (χ4n) is 3.25. The molecule has 0 bridgehead atoms. The smallest absolute Gasteiger partial charge is 0.318 e. The highest BCUT2D eigenvalue weighted by atomic mass is 16.2. The fraction of sp³-hybridized carbons (Fsp3) is 0.211. The number of aromatic nitrogens is 1. The molecule has 0 radical (unpaired) electrons. The summed E-state index contributed by atoms with van der Waals surface area (Å²) in [7, 11) is 0. The van der Waals surface area contributed by atoms with Crippen molar-refractivity contribution in [3.63, 3.8) is 0 Å². The maximum Gasteiger partial charge on any atom is 0.318 e. The first kappa shape index (κ1) is 13.9. The third-order valence-electron chi connectivity index (χ3n) is 4.46. The molecular weight excluding hydrogens is 286 g/mol. The number of nitrogens with zero attached hydrogens (tertiary/aromatic N) is 1. The summed E-state index contributed by atoms with van der Waals surface area (Å²) in [4.78, 5) is 17.7. The van der Waals surface area contributed by atoms with E-state index in [1.165, 1.54) is 10.9 Å². The van der Waals surface area contributed by atoms with E-state index in [9.17, 15) is 4.79 Å². The first-order valence-corrected chi connectivity index (χ1v) is 7.96. The Hall–Kier alpha value is -2.75. The van der Waals surface area contributed by atoms with E-state index >= 15 is 0 Å². The fourth-order valence-corrected chi connectivity index (χ4v) is 3.25. The summed E-state index contributed by atoms with van der Waals surface area (Å²) >= 11 is 0. The molecule has 1 aromatic heterocycles. The summed E-state index contributed by atoms with van der Waals surface area (Å²) < 4.78 is 0. The highest BCUT2D eigenvalue weighted by molar-refractivity contribution is 5.85. The van der Waals surface area contributed by atoms with E-state index < -0.39 is 0 Å². The van der Waals surface area contributed by atoms with Gasteiger partial charge in [0.25, 0.3) is 0 Å². The standard InChI is InChI=1S/C19H19N3O/c23-19(20-12-14-6-2-1-3-7-14)22-11-10-16-15-8-4-5-9-17(15)21-18(16)13-22/h1-9,21H,10-13H2,(H,20,23). The van der Waals surface area contributed by atoms with Crippen molar-refractivity contribution in [3.8, 4) is 0 Å². The first-order chi connectivity index (χ1) is 11.3. The number of urea groups is 1. The molecule has 1 aliphatic heterocycles. The van der Waals surface area contributed by atoms with Gasteiger partial charge >= 0.3 is 6.03 Å². The van der Waals surface area contributed by atoms with Gasteiger partial charge < -0.3 is 15.2 Å². The monoisotopic (exact) mass is 305 g/mol.